The quantitative estimate of drug-likeness (QED) is 0.364. The number of carbonyl (C=O) groups is 1. The zero-order valence-corrected chi connectivity index (χ0v) is 13.4. The van der Waals surface area contributed by atoms with E-state index in [1.807, 2.05) is 30.3 Å². The molecule has 0 bridgehead atoms. The summed E-state index contributed by atoms with van der Waals surface area (Å²) in [5, 5.41) is 5.34. The Balaban J connectivity index is 2.53. The first kappa shape index (κ1) is 17.7. The molecule has 3 N–H and O–H groups in total. The number of hydrogen-bond donors (Lipinski definition) is 3. The Morgan fingerprint density at radius 1 is 1.29 bits per heavy atom. The smallest absolute Gasteiger partial charge is 0.320 e. The number of anilines is 1. The molecule has 0 aromatic heterocycles. The Morgan fingerprint density at radius 2 is 1.95 bits per heavy atom. The number of hydrogen-bond acceptors (Lipinski definition) is 5. The van der Waals surface area contributed by atoms with Crippen molar-refractivity contribution in [3.05, 3.63) is 30.3 Å². The summed E-state index contributed by atoms with van der Waals surface area (Å²) in [5.74, 6) is -0.470. The average Bonchev–Trinajstić information content (AvgIpc) is 2.44. The Morgan fingerprint density at radius 3 is 2.52 bits per heavy atom. The van der Waals surface area contributed by atoms with Gasteiger partial charge in [0.2, 0.25) is 0 Å². The summed E-state index contributed by atoms with van der Waals surface area (Å²) in [4.78, 5) is 11.5. The Kier molecular flexibility index (Phi) is 7.39. The standard InChI is InChI=1S/C13H22N3O4P/c1-11(2)20-13(17)9-14-21(18,10-19-3)16-15-12-7-5-4-6-8-12/h4-8,11,15H,9-10H2,1-3H3,(H2,14,16,18). The molecule has 1 atom stereocenters. The van der Waals surface area contributed by atoms with Crippen molar-refractivity contribution < 1.29 is 18.8 Å². The van der Waals surface area contributed by atoms with Gasteiger partial charge in [-0.05, 0) is 26.0 Å². The minimum absolute atomic E-state index is 0.0677. The van der Waals surface area contributed by atoms with Crippen molar-refractivity contribution in [3.8, 4) is 0 Å². The van der Waals surface area contributed by atoms with Gasteiger partial charge in [-0.1, -0.05) is 18.2 Å². The Hall–Kier alpha value is -1.40. The molecule has 0 fully saturated rings. The summed E-state index contributed by atoms with van der Waals surface area (Å²) in [6.45, 7) is 3.34. The Bertz CT molecular complexity index is 482. The number of nitrogens with one attached hydrogen (secondary N) is 3. The van der Waals surface area contributed by atoms with Gasteiger partial charge in [0.1, 0.15) is 12.9 Å². The van der Waals surface area contributed by atoms with Crippen molar-refractivity contribution in [1.29, 1.82) is 0 Å². The van der Waals surface area contributed by atoms with E-state index in [0.717, 1.165) is 5.69 Å². The lowest BCUT2D eigenvalue weighted by atomic mass is 10.3. The highest BCUT2D eigenvalue weighted by molar-refractivity contribution is 7.59. The highest BCUT2D eigenvalue weighted by atomic mass is 31.2. The molecular formula is C13H22N3O4P. The van der Waals surface area contributed by atoms with Crippen LogP contribution in [0.4, 0.5) is 5.69 Å². The van der Waals surface area contributed by atoms with E-state index < -0.39 is 13.4 Å². The summed E-state index contributed by atoms with van der Waals surface area (Å²) < 4.78 is 22.5. The molecule has 0 heterocycles. The van der Waals surface area contributed by atoms with Crippen LogP contribution in [-0.2, 0) is 18.8 Å². The molecule has 1 rings (SSSR count). The van der Waals surface area contributed by atoms with Gasteiger partial charge < -0.3 is 14.9 Å². The van der Waals surface area contributed by atoms with Crippen LogP contribution in [0.3, 0.4) is 0 Å². The molecule has 0 saturated heterocycles. The van der Waals surface area contributed by atoms with Crippen LogP contribution in [0.25, 0.3) is 0 Å². The number of para-hydroxylation sites is 1. The van der Waals surface area contributed by atoms with Crippen LogP contribution < -0.4 is 15.7 Å². The fourth-order valence-electron chi connectivity index (χ4n) is 1.47. The van der Waals surface area contributed by atoms with Gasteiger partial charge in [-0.15, -0.1) is 0 Å². The number of benzene rings is 1. The van der Waals surface area contributed by atoms with Crippen molar-refractivity contribution in [2.75, 3.05) is 25.4 Å². The fourth-order valence-corrected chi connectivity index (χ4v) is 2.77. The van der Waals surface area contributed by atoms with Crippen molar-refractivity contribution in [2.45, 2.75) is 20.0 Å². The molecule has 0 aliphatic rings. The maximum absolute atomic E-state index is 12.6. The Labute approximate surface area is 124 Å². The first-order chi connectivity index (χ1) is 9.95. The minimum atomic E-state index is -3.12. The molecule has 0 radical (unpaired) electrons. The normalized spacial score (nSPS) is 13.7. The lowest BCUT2D eigenvalue weighted by molar-refractivity contribution is -0.145. The number of hydrazine groups is 1. The lowest BCUT2D eigenvalue weighted by Crippen LogP contribution is -2.33. The molecule has 0 aliphatic heterocycles. The van der Waals surface area contributed by atoms with Crippen LogP contribution >= 0.6 is 7.44 Å². The predicted octanol–water partition coefficient (Wildman–Crippen LogP) is 1.94. The van der Waals surface area contributed by atoms with E-state index in [-0.39, 0.29) is 19.0 Å². The molecule has 1 aromatic rings. The number of rotatable bonds is 9. The number of carbonyl (C=O) groups excluding carboxylic acids is 1. The first-order valence-electron chi connectivity index (χ1n) is 6.56. The zero-order chi connectivity index (χ0) is 15.7. The number of esters is 1. The van der Waals surface area contributed by atoms with Crippen LogP contribution in [0.2, 0.25) is 0 Å². The fraction of sp³-hybridized carbons (Fsp3) is 0.462. The van der Waals surface area contributed by atoms with Gasteiger partial charge in [0, 0.05) is 12.8 Å². The second kappa shape index (κ2) is 8.79. The molecule has 8 heteroatoms. The molecule has 0 aliphatic carbocycles. The van der Waals surface area contributed by atoms with Crippen molar-refractivity contribution in [3.63, 3.8) is 0 Å². The van der Waals surface area contributed by atoms with Crippen molar-refractivity contribution >= 4 is 19.1 Å². The van der Waals surface area contributed by atoms with E-state index in [1.165, 1.54) is 7.11 Å². The maximum atomic E-state index is 12.6. The summed E-state index contributed by atoms with van der Waals surface area (Å²) in [5.41, 5.74) is 3.58. The monoisotopic (exact) mass is 315 g/mol. The van der Waals surface area contributed by atoms with Crippen LogP contribution in [0.5, 0.6) is 0 Å². The SMILES string of the molecule is COCP(=O)(NCC(=O)OC(C)C)NNc1ccccc1. The largest absolute Gasteiger partial charge is 0.462 e. The highest BCUT2D eigenvalue weighted by Gasteiger charge is 2.23. The molecule has 1 unspecified atom stereocenters. The first-order valence-corrected chi connectivity index (χ1v) is 8.45. The molecule has 1 aromatic carbocycles. The summed E-state index contributed by atoms with van der Waals surface area (Å²) in [7, 11) is -1.68. The minimum Gasteiger partial charge on any atom is -0.462 e. The molecule has 0 spiro atoms. The summed E-state index contributed by atoms with van der Waals surface area (Å²) in [6, 6.07) is 9.20. The molecular weight excluding hydrogens is 293 g/mol. The summed E-state index contributed by atoms with van der Waals surface area (Å²) in [6.07, 6.45) is -0.279. The van der Waals surface area contributed by atoms with Crippen molar-refractivity contribution in [1.82, 2.24) is 10.3 Å². The summed E-state index contributed by atoms with van der Waals surface area (Å²) >= 11 is 0. The lowest BCUT2D eigenvalue weighted by Gasteiger charge is -2.21. The van der Waals surface area contributed by atoms with E-state index in [4.69, 9.17) is 9.47 Å². The van der Waals surface area contributed by atoms with Gasteiger partial charge in [-0.3, -0.25) is 9.36 Å². The van der Waals surface area contributed by atoms with Gasteiger partial charge in [0.15, 0.2) is 0 Å². The third-order valence-corrected chi connectivity index (χ3v) is 4.08. The third kappa shape index (κ3) is 7.24. The zero-order valence-electron chi connectivity index (χ0n) is 12.5. The van der Waals surface area contributed by atoms with Crippen LogP contribution in [0.15, 0.2) is 30.3 Å². The van der Waals surface area contributed by atoms with E-state index in [1.54, 1.807) is 13.8 Å². The second-order valence-electron chi connectivity index (χ2n) is 4.63. The van der Waals surface area contributed by atoms with E-state index in [2.05, 4.69) is 15.7 Å². The molecule has 0 amide bonds. The van der Waals surface area contributed by atoms with E-state index in [0.29, 0.717) is 0 Å². The average molecular weight is 315 g/mol. The topological polar surface area (TPSA) is 88.7 Å². The number of methoxy groups -OCH3 is 1. The molecule has 0 saturated carbocycles. The number of ether oxygens (including phenoxy) is 2. The van der Waals surface area contributed by atoms with Gasteiger partial charge >= 0.3 is 5.97 Å². The van der Waals surface area contributed by atoms with Gasteiger partial charge in [0.25, 0.3) is 7.44 Å². The maximum Gasteiger partial charge on any atom is 0.320 e. The second-order valence-corrected chi connectivity index (χ2v) is 6.91. The van der Waals surface area contributed by atoms with E-state index >= 15 is 0 Å². The third-order valence-electron chi connectivity index (χ3n) is 2.31. The molecule has 7 nitrogen and oxygen atoms in total. The van der Waals surface area contributed by atoms with Gasteiger partial charge in [-0.2, -0.15) is 5.20 Å². The van der Waals surface area contributed by atoms with Crippen molar-refractivity contribution in [2.24, 2.45) is 0 Å². The van der Waals surface area contributed by atoms with Crippen LogP contribution in [0.1, 0.15) is 13.8 Å². The molecule has 118 valence electrons. The van der Waals surface area contributed by atoms with Crippen LogP contribution in [0, 0.1) is 0 Å². The van der Waals surface area contributed by atoms with E-state index in [9.17, 15) is 9.36 Å². The molecule has 21 heavy (non-hydrogen) atoms. The van der Waals surface area contributed by atoms with Crippen LogP contribution in [-0.4, -0.2) is 32.1 Å². The van der Waals surface area contributed by atoms with Gasteiger partial charge in [-0.25, -0.2) is 5.09 Å². The predicted molar refractivity (Wildman–Crippen MR) is 81.9 cm³/mol. The van der Waals surface area contributed by atoms with Gasteiger partial charge in [0.05, 0.1) is 6.10 Å². The highest BCUT2D eigenvalue weighted by Crippen LogP contribution is 2.35.